The highest BCUT2D eigenvalue weighted by molar-refractivity contribution is 6.17. The molecule has 1 heterocycles. The molecule has 1 amide bonds. The zero-order valence-corrected chi connectivity index (χ0v) is 8.29. The van der Waals surface area contributed by atoms with Crippen molar-refractivity contribution in [2.24, 2.45) is 0 Å². The van der Waals surface area contributed by atoms with Gasteiger partial charge in [0.25, 0.3) is 0 Å². The Hall–Kier alpha value is -0.810. The van der Waals surface area contributed by atoms with Crippen molar-refractivity contribution in [2.75, 3.05) is 12.5 Å². The zero-order valence-electron chi connectivity index (χ0n) is 7.53. The fourth-order valence-corrected chi connectivity index (χ4v) is 1.27. The van der Waals surface area contributed by atoms with E-state index in [9.17, 15) is 14.7 Å². The summed E-state index contributed by atoms with van der Waals surface area (Å²) in [5, 5.41) is 11.6. The molecule has 0 bridgehead atoms. The number of aliphatic hydroxyl groups is 1. The molecule has 0 unspecified atom stereocenters. The molecular formula is C8H12ClNO4. The molecule has 2 N–H and O–H groups in total. The van der Waals surface area contributed by atoms with Crippen molar-refractivity contribution in [1.82, 2.24) is 5.32 Å². The van der Waals surface area contributed by atoms with Gasteiger partial charge in [-0.2, -0.15) is 0 Å². The number of esters is 1. The monoisotopic (exact) mass is 221 g/mol. The third-order valence-corrected chi connectivity index (χ3v) is 2.16. The van der Waals surface area contributed by atoms with Gasteiger partial charge in [-0.3, -0.25) is 4.79 Å². The second kappa shape index (κ2) is 5.17. The van der Waals surface area contributed by atoms with Crippen molar-refractivity contribution < 1.29 is 19.4 Å². The molecular weight excluding hydrogens is 210 g/mol. The number of cyclic esters (lactones) is 1. The van der Waals surface area contributed by atoms with Gasteiger partial charge in [-0.1, -0.05) is 0 Å². The van der Waals surface area contributed by atoms with E-state index in [2.05, 4.69) is 10.1 Å². The SMILES string of the molecule is O=C(CCCCl)N[C@H]1C(=O)OC[C@H]1O. The number of alkyl halides is 1. The van der Waals surface area contributed by atoms with Crippen molar-refractivity contribution >= 4 is 23.5 Å². The summed E-state index contributed by atoms with van der Waals surface area (Å²) in [6, 6.07) is -0.919. The maximum Gasteiger partial charge on any atom is 0.331 e. The Balaban J connectivity index is 2.35. The summed E-state index contributed by atoms with van der Waals surface area (Å²) < 4.78 is 4.55. The molecule has 1 rings (SSSR count). The molecule has 1 aliphatic heterocycles. The van der Waals surface area contributed by atoms with Gasteiger partial charge in [0.15, 0.2) is 6.04 Å². The highest BCUT2D eigenvalue weighted by Crippen LogP contribution is 2.07. The molecule has 0 aliphatic carbocycles. The number of nitrogens with one attached hydrogen (secondary N) is 1. The fourth-order valence-electron chi connectivity index (χ4n) is 1.14. The predicted octanol–water partition coefficient (Wildman–Crippen LogP) is -0.592. The second-order valence-electron chi connectivity index (χ2n) is 3.04. The van der Waals surface area contributed by atoms with E-state index in [4.69, 9.17) is 11.6 Å². The van der Waals surface area contributed by atoms with Crippen LogP contribution in [0.25, 0.3) is 0 Å². The van der Waals surface area contributed by atoms with E-state index < -0.39 is 18.1 Å². The number of ether oxygens (including phenoxy) is 1. The highest BCUT2D eigenvalue weighted by atomic mass is 35.5. The van der Waals surface area contributed by atoms with E-state index in [1.165, 1.54) is 0 Å². The molecule has 0 saturated carbocycles. The quantitative estimate of drug-likeness (QED) is 0.492. The first-order valence-electron chi connectivity index (χ1n) is 4.35. The number of hydrogen-bond donors (Lipinski definition) is 2. The molecule has 1 aliphatic rings. The van der Waals surface area contributed by atoms with E-state index in [1.54, 1.807) is 0 Å². The van der Waals surface area contributed by atoms with Gasteiger partial charge < -0.3 is 15.2 Å². The summed E-state index contributed by atoms with van der Waals surface area (Å²) in [5.74, 6) is -0.490. The Morgan fingerprint density at radius 2 is 2.43 bits per heavy atom. The Labute approximate surface area is 86.4 Å². The number of carbonyl (C=O) groups excluding carboxylic acids is 2. The topological polar surface area (TPSA) is 75.6 Å². The van der Waals surface area contributed by atoms with E-state index in [1.807, 2.05) is 0 Å². The molecule has 6 heteroatoms. The molecule has 0 radical (unpaired) electrons. The molecule has 1 saturated heterocycles. The minimum absolute atomic E-state index is 0.0563. The lowest BCUT2D eigenvalue weighted by molar-refractivity contribution is -0.141. The smallest absolute Gasteiger partial charge is 0.331 e. The lowest BCUT2D eigenvalue weighted by Gasteiger charge is -2.11. The number of amides is 1. The Bertz CT molecular complexity index is 233. The van der Waals surface area contributed by atoms with Gasteiger partial charge in [0, 0.05) is 12.3 Å². The first kappa shape index (κ1) is 11.3. The highest BCUT2D eigenvalue weighted by Gasteiger charge is 2.36. The van der Waals surface area contributed by atoms with Crippen molar-refractivity contribution in [2.45, 2.75) is 25.0 Å². The minimum Gasteiger partial charge on any atom is -0.461 e. The number of halogens is 1. The molecule has 5 nitrogen and oxygen atoms in total. The fraction of sp³-hybridized carbons (Fsp3) is 0.750. The standard InChI is InChI=1S/C8H12ClNO4/c9-3-1-2-6(12)10-7-5(11)4-14-8(7)13/h5,7,11H,1-4H2,(H,10,12)/t5-,7-/m1/s1. The molecule has 0 aromatic carbocycles. The Morgan fingerprint density at radius 1 is 1.71 bits per heavy atom. The van der Waals surface area contributed by atoms with Crippen molar-refractivity contribution in [1.29, 1.82) is 0 Å². The van der Waals surface area contributed by atoms with Crippen LogP contribution in [0.4, 0.5) is 0 Å². The first-order chi connectivity index (χ1) is 6.65. The van der Waals surface area contributed by atoms with Crippen LogP contribution in [0.15, 0.2) is 0 Å². The lowest BCUT2D eigenvalue weighted by atomic mass is 10.2. The first-order valence-corrected chi connectivity index (χ1v) is 4.88. The van der Waals surface area contributed by atoms with Crippen LogP contribution in [0.3, 0.4) is 0 Å². The van der Waals surface area contributed by atoms with Crippen molar-refractivity contribution in [3.63, 3.8) is 0 Å². The van der Waals surface area contributed by atoms with Gasteiger partial charge in [-0.05, 0) is 6.42 Å². The summed E-state index contributed by atoms with van der Waals surface area (Å²) in [6.45, 7) is -0.0563. The Kier molecular flexibility index (Phi) is 4.16. The van der Waals surface area contributed by atoms with Crippen LogP contribution in [0.5, 0.6) is 0 Å². The van der Waals surface area contributed by atoms with Gasteiger partial charge in [0.05, 0.1) is 0 Å². The number of carbonyl (C=O) groups is 2. The van der Waals surface area contributed by atoms with E-state index in [0.717, 1.165) is 0 Å². The maximum absolute atomic E-state index is 11.2. The number of aliphatic hydroxyl groups excluding tert-OH is 1. The average Bonchev–Trinajstić information content (AvgIpc) is 2.46. The van der Waals surface area contributed by atoms with Gasteiger partial charge in [-0.25, -0.2) is 4.79 Å². The van der Waals surface area contributed by atoms with Gasteiger partial charge >= 0.3 is 5.97 Å². The molecule has 14 heavy (non-hydrogen) atoms. The zero-order chi connectivity index (χ0) is 10.6. The summed E-state index contributed by atoms with van der Waals surface area (Å²) >= 11 is 5.40. The van der Waals surface area contributed by atoms with Gasteiger partial charge in [0.1, 0.15) is 12.7 Å². The molecule has 1 fully saturated rings. The summed E-state index contributed by atoms with van der Waals surface area (Å²) in [6.07, 6.45) is -0.145. The maximum atomic E-state index is 11.2. The van der Waals surface area contributed by atoms with E-state index in [-0.39, 0.29) is 18.9 Å². The van der Waals surface area contributed by atoms with Crippen LogP contribution in [0.2, 0.25) is 0 Å². The molecule has 80 valence electrons. The molecule has 0 aromatic rings. The van der Waals surface area contributed by atoms with Gasteiger partial charge in [0.2, 0.25) is 5.91 Å². The average molecular weight is 222 g/mol. The van der Waals surface area contributed by atoms with Crippen LogP contribution in [0, 0.1) is 0 Å². The van der Waals surface area contributed by atoms with E-state index in [0.29, 0.717) is 12.3 Å². The number of hydrogen-bond acceptors (Lipinski definition) is 4. The minimum atomic E-state index is -0.942. The van der Waals surface area contributed by atoms with Crippen molar-refractivity contribution in [3.8, 4) is 0 Å². The van der Waals surface area contributed by atoms with Crippen molar-refractivity contribution in [3.05, 3.63) is 0 Å². The van der Waals surface area contributed by atoms with Crippen LogP contribution in [-0.4, -0.2) is 41.6 Å². The van der Waals surface area contributed by atoms with Crippen LogP contribution < -0.4 is 5.32 Å². The molecule has 0 spiro atoms. The Morgan fingerprint density at radius 3 is 2.93 bits per heavy atom. The third-order valence-electron chi connectivity index (χ3n) is 1.89. The largest absolute Gasteiger partial charge is 0.461 e. The molecule has 0 aromatic heterocycles. The van der Waals surface area contributed by atoms with Gasteiger partial charge in [-0.15, -0.1) is 11.6 Å². The third kappa shape index (κ3) is 2.85. The molecule has 2 atom stereocenters. The second-order valence-corrected chi connectivity index (χ2v) is 3.41. The predicted molar refractivity (Wildman–Crippen MR) is 48.9 cm³/mol. The van der Waals surface area contributed by atoms with E-state index >= 15 is 0 Å². The summed E-state index contributed by atoms with van der Waals surface area (Å²) in [7, 11) is 0. The summed E-state index contributed by atoms with van der Waals surface area (Å²) in [4.78, 5) is 22.1. The lowest BCUT2D eigenvalue weighted by Crippen LogP contribution is -2.44. The van der Waals surface area contributed by atoms with Crippen LogP contribution >= 0.6 is 11.6 Å². The number of rotatable bonds is 4. The van der Waals surface area contributed by atoms with Crippen LogP contribution in [-0.2, 0) is 14.3 Å². The van der Waals surface area contributed by atoms with Crippen LogP contribution in [0.1, 0.15) is 12.8 Å². The normalized spacial score (nSPS) is 26.0. The summed E-state index contributed by atoms with van der Waals surface area (Å²) in [5.41, 5.74) is 0.